The molecule has 1 aromatic carbocycles. The molecule has 0 aliphatic carbocycles. The molecule has 25 heavy (non-hydrogen) atoms. The second-order valence-corrected chi connectivity index (χ2v) is 5.96. The number of ether oxygens (including phenoxy) is 1. The second kappa shape index (κ2) is 7.83. The highest BCUT2D eigenvalue weighted by Crippen LogP contribution is 2.27. The van der Waals surface area contributed by atoms with Crippen molar-refractivity contribution in [3.05, 3.63) is 48.5 Å². The molecule has 0 bridgehead atoms. The molecule has 132 valence electrons. The van der Waals surface area contributed by atoms with Crippen molar-refractivity contribution in [3.8, 4) is 5.75 Å². The highest BCUT2D eigenvalue weighted by atomic mass is 16.5. The van der Waals surface area contributed by atoms with Gasteiger partial charge < -0.3 is 14.2 Å². The van der Waals surface area contributed by atoms with Gasteiger partial charge in [-0.15, -0.1) is 0 Å². The van der Waals surface area contributed by atoms with Gasteiger partial charge in [0.1, 0.15) is 11.8 Å². The molecule has 1 unspecified atom stereocenters. The average molecular weight is 342 g/mol. The Morgan fingerprint density at radius 3 is 2.68 bits per heavy atom. The Morgan fingerprint density at radius 1 is 1.20 bits per heavy atom. The van der Waals surface area contributed by atoms with E-state index in [1.807, 2.05) is 42.0 Å². The fourth-order valence-electron chi connectivity index (χ4n) is 2.88. The number of amides is 3. The lowest BCUT2D eigenvalue weighted by Gasteiger charge is -2.22. The van der Waals surface area contributed by atoms with Crippen LogP contribution in [0.4, 0.5) is 4.79 Å². The Morgan fingerprint density at radius 2 is 2.00 bits per heavy atom. The van der Waals surface area contributed by atoms with Crippen LogP contribution in [0.3, 0.4) is 0 Å². The number of carbonyl (C=O) groups excluding carboxylic acids is 2. The molecule has 1 aliphatic rings. The number of benzene rings is 1. The molecule has 1 N–H and O–H groups in total. The van der Waals surface area contributed by atoms with Crippen LogP contribution in [0, 0.1) is 0 Å². The molecule has 1 aliphatic heterocycles. The van der Waals surface area contributed by atoms with Gasteiger partial charge in [0.25, 0.3) is 5.91 Å². The first kappa shape index (κ1) is 17.0. The van der Waals surface area contributed by atoms with Crippen LogP contribution < -0.4 is 10.1 Å². The monoisotopic (exact) mass is 342 g/mol. The van der Waals surface area contributed by atoms with Crippen molar-refractivity contribution in [3.63, 3.8) is 0 Å². The van der Waals surface area contributed by atoms with Crippen LogP contribution in [0.1, 0.15) is 31.4 Å². The summed E-state index contributed by atoms with van der Waals surface area (Å²) >= 11 is 0. The lowest BCUT2D eigenvalue weighted by atomic mass is 10.1. The molecule has 0 spiro atoms. The third-order valence-corrected chi connectivity index (χ3v) is 4.09. The van der Waals surface area contributed by atoms with Crippen molar-refractivity contribution in [2.45, 2.75) is 32.4 Å². The van der Waals surface area contributed by atoms with E-state index in [9.17, 15) is 9.59 Å². The summed E-state index contributed by atoms with van der Waals surface area (Å²) in [5.41, 5.74) is 0.787. The minimum Gasteiger partial charge on any atom is -0.494 e. The van der Waals surface area contributed by atoms with Gasteiger partial charge in [-0.05, 0) is 30.5 Å². The van der Waals surface area contributed by atoms with Crippen LogP contribution in [0.2, 0.25) is 0 Å². The number of nitrogens with zero attached hydrogens (tertiary/aromatic N) is 3. The normalized spacial score (nSPS) is 17.0. The van der Waals surface area contributed by atoms with Gasteiger partial charge in [0.05, 0.1) is 12.9 Å². The number of aryl methyl sites for hydroxylation is 1. The topological polar surface area (TPSA) is 76.5 Å². The number of rotatable bonds is 8. The van der Waals surface area contributed by atoms with Crippen LogP contribution in [-0.4, -0.2) is 39.5 Å². The van der Waals surface area contributed by atoms with E-state index >= 15 is 0 Å². The highest BCUT2D eigenvalue weighted by molar-refractivity contribution is 6.04. The lowest BCUT2D eigenvalue weighted by molar-refractivity contribution is -0.121. The standard InChI is InChI=1S/C18H22N4O3/c1-2-12-25-15-6-4-14(5-7-15)16-17(23)20-18(24)22(16)10-3-9-21-11-8-19-13-21/h4-8,11,13,16H,2-3,9-10,12H2,1H3,(H,20,23,24). The Kier molecular flexibility index (Phi) is 5.33. The zero-order chi connectivity index (χ0) is 17.6. The van der Waals surface area contributed by atoms with Crippen molar-refractivity contribution in [2.24, 2.45) is 0 Å². The molecule has 7 heteroatoms. The summed E-state index contributed by atoms with van der Waals surface area (Å²) in [5.74, 6) is 0.483. The largest absolute Gasteiger partial charge is 0.494 e. The number of nitrogens with one attached hydrogen (secondary N) is 1. The van der Waals surface area contributed by atoms with Gasteiger partial charge in [-0.1, -0.05) is 19.1 Å². The van der Waals surface area contributed by atoms with E-state index in [4.69, 9.17) is 4.74 Å². The maximum atomic E-state index is 12.2. The quantitative estimate of drug-likeness (QED) is 0.747. The van der Waals surface area contributed by atoms with E-state index in [2.05, 4.69) is 10.3 Å². The lowest BCUT2D eigenvalue weighted by Crippen LogP contribution is -2.31. The minimum absolute atomic E-state index is 0.283. The Balaban J connectivity index is 1.66. The molecule has 3 rings (SSSR count). The fraction of sp³-hybridized carbons (Fsp3) is 0.389. The summed E-state index contributed by atoms with van der Waals surface area (Å²) in [6.07, 6.45) is 7.01. The molecule has 3 amide bonds. The van der Waals surface area contributed by atoms with Gasteiger partial charge in [0.2, 0.25) is 0 Å². The van der Waals surface area contributed by atoms with E-state index in [1.165, 1.54) is 0 Å². The van der Waals surface area contributed by atoms with Crippen LogP contribution >= 0.6 is 0 Å². The SMILES string of the molecule is CCCOc1ccc(C2C(=O)NC(=O)N2CCCn2ccnc2)cc1. The van der Waals surface area contributed by atoms with E-state index in [-0.39, 0.29) is 11.9 Å². The van der Waals surface area contributed by atoms with E-state index in [0.29, 0.717) is 13.2 Å². The molecule has 0 saturated carbocycles. The van der Waals surface area contributed by atoms with Crippen molar-refractivity contribution in [2.75, 3.05) is 13.2 Å². The molecule has 1 saturated heterocycles. The Hall–Kier alpha value is -2.83. The molecule has 2 aromatic rings. The van der Waals surface area contributed by atoms with Crippen LogP contribution in [0.25, 0.3) is 0 Å². The van der Waals surface area contributed by atoms with Gasteiger partial charge in [0, 0.05) is 25.5 Å². The number of hydrogen-bond acceptors (Lipinski definition) is 4. The van der Waals surface area contributed by atoms with E-state index in [0.717, 1.165) is 30.7 Å². The number of hydrogen-bond donors (Lipinski definition) is 1. The first-order valence-corrected chi connectivity index (χ1v) is 8.49. The van der Waals surface area contributed by atoms with Gasteiger partial charge in [-0.2, -0.15) is 0 Å². The highest BCUT2D eigenvalue weighted by Gasteiger charge is 2.38. The van der Waals surface area contributed by atoms with Gasteiger partial charge >= 0.3 is 6.03 Å². The first-order chi connectivity index (χ1) is 12.2. The van der Waals surface area contributed by atoms with Crippen molar-refractivity contribution >= 4 is 11.9 Å². The Bertz CT molecular complexity index is 712. The third kappa shape index (κ3) is 3.99. The molecular weight excluding hydrogens is 320 g/mol. The molecule has 1 atom stereocenters. The fourth-order valence-corrected chi connectivity index (χ4v) is 2.88. The molecule has 1 aromatic heterocycles. The van der Waals surface area contributed by atoms with Crippen molar-refractivity contribution in [1.29, 1.82) is 0 Å². The van der Waals surface area contributed by atoms with Crippen LogP contribution in [0.5, 0.6) is 5.75 Å². The second-order valence-electron chi connectivity index (χ2n) is 5.96. The van der Waals surface area contributed by atoms with Gasteiger partial charge in [-0.3, -0.25) is 10.1 Å². The molecular formula is C18H22N4O3. The number of urea groups is 1. The molecule has 2 heterocycles. The van der Waals surface area contributed by atoms with Crippen molar-refractivity contribution < 1.29 is 14.3 Å². The van der Waals surface area contributed by atoms with Crippen LogP contribution in [-0.2, 0) is 11.3 Å². The van der Waals surface area contributed by atoms with Crippen molar-refractivity contribution in [1.82, 2.24) is 19.8 Å². The number of imidazole rings is 1. The summed E-state index contributed by atoms with van der Waals surface area (Å²) in [6, 6.07) is 6.44. The number of aromatic nitrogens is 2. The zero-order valence-corrected chi connectivity index (χ0v) is 14.2. The van der Waals surface area contributed by atoms with E-state index in [1.54, 1.807) is 17.4 Å². The first-order valence-electron chi connectivity index (χ1n) is 8.49. The van der Waals surface area contributed by atoms with Gasteiger partial charge in [0.15, 0.2) is 0 Å². The minimum atomic E-state index is -0.587. The molecule has 7 nitrogen and oxygen atoms in total. The molecule has 0 radical (unpaired) electrons. The smallest absolute Gasteiger partial charge is 0.325 e. The maximum absolute atomic E-state index is 12.2. The summed E-state index contributed by atoms with van der Waals surface area (Å²) < 4.78 is 7.51. The summed E-state index contributed by atoms with van der Waals surface area (Å²) in [6.45, 7) is 3.94. The predicted octanol–water partition coefficient (Wildman–Crippen LogP) is 2.36. The number of carbonyl (C=O) groups is 2. The summed E-state index contributed by atoms with van der Waals surface area (Å²) in [7, 11) is 0. The predicted molar refractivity (Wildman–Crippen MR) is 92.1 cm³/mol. The summed E-state index contributed by atoms with van der Waals surface area (Å²) in [5, 5.41) is 2.41. The Labute approximate surface area is 146 Å². The van der Waals surface area contributed by atoms with E-state index < -0.39 is 6.04 Å². The van der Waals surface area contributed by atoms with Gasteiger partial charge in [-0.25, -0.2) is 9.78 Å². The molecule has 1 fully saturated rings. The average Bonchev–Trinajstić information content (AvgIpc) is 3.22. The number of imide groups is 1. The maximum Gasteiger partial charge on any atom is 0.325 e. The third-order valence-electron chi connectivity index (χ3n) is 4.09. The van der Waals surface area contributed by atoms with Crippen LogP contribution in [0.15, 0.2) is 43.0 Å². The zero-order valence-electron chi connectivity index (χ0n) is 14.2. The summed E-state index contributed by atoms with van der Waals surface area (Å²) in [4.78, 5) is 29.9.